The Morgan fingerprint density at radius 3 is 2.40 bits per heavy atom. The molecule has 10 heavy (non-hydrogen) atoms. The fourth-order valence-electron chi connectivity index (χ4n) is 2.03. The van der Waals surface area contributed by atoms with E-state index in [0.717, 1.165) is 11.8 Å². The van der Waals surface area contributed by atoms with Gasteiger partial charge >= 0.3 is 0 Å². The quantitative estimate of drug-likeness (QED) is 0.514. The average Bonchev–Trinajstić information content (AvgIpc) is 1.93. The molecule has 0 saturated heterocycles. The van der Waals surface area contributed by atoms with Gasteiger partial charge in [-0.15, -0.1) is 0 Å². The van der Waals surface area contributed by atoms with Gasteiger partial charge in [-0.3, -0.25) is 0 Å². The fraction of sp³-hybridized carbons (Fsp3) is 1.00. The van der Waals surface area contributed by atoms with E-state index < -0.39 is 0 Å². The normalized spacial score (nSPS) is 42.9. The topological polar surface area (TPSA) is 26.0 Å². The minimum Gasteiger partial charge on any atom is -0.328 e. The summed E-state index contributed by atoms with van der Waals surface area (Å²) >= 11 is 0. The molecule has 3 atom stereocenters. The standard InChI is InChI=1S/C9H19N/c1-7-3-4-9(10)6-8(2)5-7/h7-9H,3-6,10H2,1-2H3/t7-,8+,9+/m1/s1. The Morgan fingerprint density at radius 1 is 1.00 bits per heavy atom. The van der Waals surface area contributed by atoms with Crippen LogP contribution in [0, 0.1) is 11.8 Å². The number of nitrogens with two attached hydrogens (primary N) is 1. The van der Waals surface area contributed by atoms with E-state index in [1.165, 1.54) is 25.7 Å². The van der Waals surface area contributed by atoms with E-state index in [4.69, 9.17) is 5.73 Å². The smallest absolute Gasteiger partial charge is 0.00414 e. The van der Waals surface area contributed by atoms with Crippen molar-refractivity contribution in [2.45, 2.75) is 45.6 Å². The Kier molecular flexibility index (Phi) is 2.72. The minimum absolute atomic E-state index is 0.486. The first-order valence-corrected chi connectivity index (χ1v) is 4.44. The van der Waals surface area contributed by atoms with Crippen molar-refractivity contribution in [1.29, 1.82) is 0 Å². The van der Waals surface area contributed by atoms with Crippen LogP contribution in [-0.2, 0) is 0 Å². The van der Waals surface area contributed by atoms with Crippen molar-refractivity contribution in [3.63, 3.8) is 0 Å². The van der Waals surface area contributed by atoms with Crippen molar-refractivity contribution in [3.8, 4) is 0 Å². The first kappa shape index (κ1) is 8.06. The molecule has 0 unspecified atom stereocenters. The van der Waals surface area contributed by atoms with Gasteiger partial charge in [-0.25, -0.2) is 0 Å². The van der Waals surface area contributed by atoms with Crippen LogP contribution in [-0.4, -0.2) is 6.04 Å². The van der Waals surface area contributed by atoms with Gasteiger partial charge < -0.3 is 5.73 Å². The second kappa shape index (κ2) is 3.38. The molecule has 0 aliphatic heterocycles. The van der Waals surface area contributed by atoms with Crippen LogP contribution in [0.15, 0.2) is 0 Å². The molecule has 1 fully saturated rings. The van der Waals surface area contributed by atoms with Gasteiger partial charge in [0.2, 0.25) is 0 Å². The summed E-state index contributed by atoms with van der Waals surface area (Å²) in [7, 11) is 0. The second-order valence-corrected chi connectivity index (χ2v) is 4.02. The zero-order valence-corrected chi connectivity index (χ0v) is 7.14. The summed E-state index contributed by atoms with van der Waals surface area (Å²) in [6, 6.07) is 0.486. The molecule has 0 aromatic heterocycles. The van der Waals surface area contributed by atoms with Gasteiger partial charge in [-0.1, -0.05) is 13.8 Å². The zero-order valence-electron chi connectivity index (χ0n) is 7.14. The third-order valence-electron chi connectivity index (χ3n) is 2.54. The Labute approximate surface area is 64.0 Å². The van der Waals surface area contributed by atoms with E-state index in [9.17, 15) is 0 Å². The van der Waals surface area contributed by atoms with Crippen molar-refractivity contribution >= 4 is 0 Å². The summed E-state index contributed by atoms with van der Waals surface area (Å²) in [5, 5.41) is 0. The van der Waals surface area contributed by atoms with E-state index >= 15 is 0 Å². The maximum atomic E-state index is 5.89. The third kappa shape index (κ3) is 2.30. The fourth-order valence-corrected chi connectivity index (χ4v) is 2.03. The molecule has 1 aliphatic rings. The van der Waals surface area contributed by atoms with E-state index in [1.807, 2.05) is 0 Å². The van der Waals surface area contributed by atoms with Gasteiger partial charge in [0.15, 0.2) is 0 Å². The number of hydrogen-bond acceptors (Lipinski definition) is 1. The second-order valence-electron chi connectivity index (χ2n) is 4.02. The molecule has 0 bridgehead atoms. The van der Waals surface area contributed by atoms with Crippen molar-refractivity contribution in [2.24, 2.45) is 17.6 Å². The Balaban J connectivity index is 2.38. The number of rotatable bonds is 0. The molecule has 60 valence electrons. The van der Waals surface area contributed by atoms with Crippen LogP contribution in [0.5, 0.6) is 0 Å². The van der Waals surface area contributed by atoms with Gasteiger partial charge in [0.25, 0.3) is 0 Å². The predicted octanol–water partition coefficient (Wildman–Crippen LogP) is 2.16. The molecule has 0 aromatic rings. The van der Waals surface area contributed by atoms with Crippen molar-refractivity contribution in [1.82, 2.24) is 0 Å². The third-order valence-corrected chi connectivity index (χ3v) is 2.54. The predicted molar refractivity (Wildman–Crippen MR) is 44.8 cm³/mol. The van der Waals surface area contributed by atoms with Crippen LogP contribution in [0.4, 0.5) is 0 Å². The molecule has 0 amide bonds. The molecule has 1 heteroatoms. The van der Waals surface area contributed by atoms with Gasteiger partial charge in [-0.2, -0.15) is 0 Å². The summed E-state index contributed by atoms with van der Waals surface area (Å²) in [4.78, 5) is 0. The lowest BCUT2D eigenvalue weighted by Gasteiger charge is -2.11. The highest BCUT2D eigenvalue weighted by Crippen LogP contribution is 2.25. The molecule has 0 aromatic carbocycles. The van der Waals surface area contributed by atoms with Crippen LogP contribution in [0.3, 0.4) is 0 Å². The monoisotopic (exact) mass is 141 g/mol. The van der Waals surface area contributed by atoms with E-state index in [-0.39, 0.29) is 0 Å². The molecule has 1 saturated carbocycles. The van der Waals surface area contributed by atoms with Crippen LogP contribution >= 0.6 is 0 Å². The maximum absolute atomic E-state index is 5.89. The van der Waals surface area contributed by atoms with Crippen molar-refractivity contribution in [2.75, 3.05) is 0 Å². The van der Waals surface area contributed by atoms with E-state index in [0.29, 0.717) is 6.04 Å². The highest BCUT2D eigenvalue weighted by molar-refractivity contribution is 4.73. The first-order valence-electron chi connectivity index (χ1n) is 4.44. The largest absolute Gasteiger partial charge is 0.328 e. The molecule has 2 N–H and O–H groups in total. The Morgan fingerprint density at radius 2 is 1.70 bits per heavy atom. The van der Waals surface area contributed by atoms with Crippen LogP contribution in [0.2, 0.25) is 0 Å². The summed E-state index contributed by atoms with van der Waals surface area (Å²) < 4.78 is 0. The maximum Gasteiger partial charge on any atom is 0.00414 e. The van der Waals surface area contributed by atoms with Gasteiger partial charge in [0.05, 0.1) is 0 Å². The van der Waals surface area contributed by atoms with E-state index in [2.05, 4.69) is 13.8 Å². The molecule has 1 nitrogen and oxygen atoms in total. The molecule has 1 rings (SSSR count). The minimum atomic E-state index is 0.486. The van der Waals surface area contributed by atoms with Crippen molar-refractivity contribution in [3.05, 3.63) is 0 Å². The van der Waals surface area contributed by atoms with Gasteiger partial charge in [-0.05, 0) is 37.5 Å². The molecule has 0 spiro atoms. The van der Waals surface area contributed by atoms with Crippen LogP contribution in [0.1, 0.15) is 39.5 Å². The van der Waals surface area contributed by atoms with Crippen LogP contribution in [0.25, 0.3) is 0 Å². The highest BCUT2D eigenvalue weighted by Gasteiger charge is 2.17. The number of hydrogen-bond donors (Lipinski definition) is 1. The summed E-state index contributed by atoms with van der Waals surface area (Å²) in [6.45, 7) is 4.66. The van der Waals surface area contributed by atoms with Gasteiger partial charge in [0, 0.05) is 6.04 Å². The summed E-state index contributed by atoms with van der Waals surface area (Å²) in [5.74, 6) is 1.76. The van der Waals surface area contributed by atoms with E-state index in [1.54, 1.807) is 0 Å². The molecular weight excluding hydrogens is 122 g/mol. The lowest BCUT2D eigenvalue weighted by Crippen LogP contribution is -2.20. The average molecular weight is 141 g/mol. The van der Waals surface area contributed by atoms with Crippen LogP contribution < -0.4 is 5.73 Å². The molecule has 1 aliphatic carbocycles. The van der Waals surface area contributed by atoms with Gasteiger partial charge in [0.1, 0.15) is 0 Å². The SMILES string of the molecule is C[C@@H]1CC[C@H](N)C[C@@H](C)C1. The van der Waals surface area contributed by atoms with Crippen molar-refractivity contribution < 1.29 is 0 Å². The lowest BCUT2D eigenvalue weighted by atomic mass is 9.96. The molecule has 0 heterocycles. The summed E-state index contributed by atoms with van der Waals surface area (Å²) in [6.07, 6.45) is 5.20. The first-order chi connectivity index (χ1) is 4.68. The Bertz CT molecular complexity index is 88.9. The summed E-state index contributed by atoms with van der Waals surface area (Å²) in [5.41, 5.74) is 5.89. The zero-order chi connectivity index (χ0) is 7.56. The molecule has 0 radical (unpaired) electrons. The Hall–Kier alpha value is -0.0400. The highest BCUT2D eigenvalue weighted by atomic mass is 14.6. The molecular formula is C9H19N. The lowest BCUT2D eigenvalue weighted by molar-refractivity contribution is 0.418.